The molecule has 146 valence electrons. The predicted molar refractivity (Wildman–Crippen MR) is 104 cm³/mol. The van der Waals surface area contributed by atoms with Crippen molar-refractivity contribution in [3.63, 3.8) is 0 Å². The number of aromatic nitrogens is 2. The lowest BCUT2D eigenvalue weighted by Gasteiger charge is -2.34. The number of amides is 1. The average Bonchev–Trinajstić information content (AvgIpc) is 2.83. The van der Waals surface area contributed by atoms with E-state index in [1.807, 2.05) is 37.1 Å². The van der Waals surface area contributed by atoms with Gasteiger partial charge in [-0.25, -0.2) is 4.39 Å². The van der Waals surface area contributed by atoms with Crippen LogP contribution in [0.3, 0.4) is 0 Å². The largest absolute Gasteiger partial charge is 0.336 e. The highest BCUT2D eigenvalue weighted by Crippen LogP contribution is 2.21. The number of aryl methyl sites for hydroxylation is 2. The summed E-state index contributed by atoms with van der Waals surface area (Å²) in [5.41, 5.74) is 2.60. The Morgan fingerprint density at radius 3 is 2.56 bits per heavy atom. The van der Waals surface area contributed by atoms with Crippen molar-refractivity contribution in [3.05, 3.63) is 53.1 Å². The SMILES string of the molecule is Cc1cc(C(=O)N2CCCN(Cc3ccc(F)cc3)C(C(C)C)C2)n(C)n1. The summed E-state index contributed by atoms with van der Waals surface area (Å²) in [6.07, 6.45) is 0.924. The first kappa shape index (κ1) is 19.5. The van der Waals surface area contributed by atoms with E-state index in [1.54, 1.807) is 4.68 Å². The van der Waals surface area contributed by atoms with Crippen LogP contribution in [0.2, 0.25) is 0 Å². The number of nitrogens with zero attached hydrogens (tertiary/aromatic N) is 4. The highest BCUT2D eigenvalue weighted by Gasteiger charge is 2.30. The molecule has 2 heterocycles. The Morgan fingerprint density at radius 2 is 1.96 bits per heavy atom. The van der Waals surface area contributed by atoms with E-state index >= 15 is 0 Å². The summed E-state index contributed by atoms with van der Waals surface area (Å²) >= 11 is 0. The third kappa shape index (κ3) is 4.56. The van der Waals surface area contributed by atoms with Crippen LogP contribution in [0.4, 0.5) is 4.39 Å². The van der Waals surface area contributed by atoms with E-state index in [-0.39, 0.29) is 17.8 Å². The number of carbonyl (C=O) groups is 1. The molecule has 1 aromatic heterocycles. The lowest BCUT2D eigenvalue weighted by molar-refractivity contribution is 0.0691. The van der Waals surface area contributed by atoms with Crippen LogP contribution in [-0.4, -0.2) is 51.2 Å². The number of hydrogen-bond donors (Lipinski definition) is 0. The van der Waals surface area contributed by atoms with Crippen LogP contribution in [0, 0.1) is 18.7 Å². The van der Waals surface area contributed by atoms with Crippen LogP contribution in [0.1, 0.15) is 42.0 Å². The number of benzene rings is 1. The van der Waals surface area contributed by atoms with Crippen LogP contribution in [0.5, 0.6) is 0 Å². The highest BCUT2D eigenvalue weighted by molar-refractivity contribution is 5.92. The van der Waals surface area contributed by atoms with Gasteiger partial charge in [-0.2, -0.15) is 5.10 Å². The predicted octanol–water partition coefficient (Wildman–Crippen LogP) is 3.24. The van der Waals surface area contributed by atoms with Crippen LogP contribution < -0.4 is 0 Å². The summed E-state index contributed by atoms with van der Waals surface area (Å²) in [4.78, 5) is 17.5. The van der Waals surface area contributed by atoms with Gasteiger partial charge in [-0.1, -0.05) is 26.0 Å². The van der Waals surface area contributed by atoms with Gasteiger partial charge >= 0.3 is 0 Å². The molecule has 1 fully saturated rings. The number of rotatable bonds is 4. The molecule has 6 heteroatoms. The van der Waals surface area contributed by atoms with E-state index < -0.39 is 0 Å². The Bertz CT molecular complexity index is 784. The average molecular weight is 372 g/mol. The molecule has 0 bridgehead atoms. The molecular formula is C21H29FN4O. The Hall–Kier alpha value is -2.21. The first-order chi connectivity index (χ1) is 12.8. The van der Waals surface area contributed by atoms with Crippen LogP contribution in [-0.2, 0) is 13.6 Å². The summed E-state index contributed by atoms with van der Waals surface area (Å²) in [7, 11) is 1.82. The molecule has 0 radical (unpaired) electrons. The molecule has 1 amide bonds. The fourth-order valence-electron chi connectivity index (χ4n) is 3.87. The smallest absolute Gasteiger partial charge is 0.272 e. The normalized spacial score (nSPS) is 18.7. The maximum Gasteiger partial charge on any atom is 0.272 e. The molecule has 1 saturated heterocycles. The van der Waals surface area contributed by atoms with Crippen molar-refractivity contribution < 1.29 is 9.18 Å². The van der Waals surface area contributed by atoms with E-state index in [4.69, 9.17) is 0 Å². The summed E-state index contributed by atoms with van der Waals surface area (Å²) in [6.45, 7) is 9.44. The van der Waals surface area contributed by atoms with Gasteiger partial charge in [-0.15, -0.1) is 0 Å². The summed E-state index contributed by atoms with van der Waals surface area (Å²) in [6, 6.07) is 8.83. The molecule has 2 aromatic rings. The standard InChI is InChI=1S/C21H29FN4O/c1-15(2)20-14-26(21(27)19-12-16(3)23-24(19)4)11-5-10-25(20)13-17-6-8-18(22)9-7-17/h6-9,12,15,20H,5,10-11,13-14H2,1-4H3. The Labute approximate surface area is 160 Å². The number of hydrogen-bond acceptors (Lipinski definition) is 3. The van der Waals surface area contributed by atoms with Gasteiger partial charge in [0.25, 0.3) is 5.91 Å². The second-order valence-corrected chi connectivity index (χ2v) is 7.81. The van der Waals surface area contributed by atoms with Crippen molar-refractivity contribution in [2.45, 2.75) is 39.8 Å². The second kappa shape index (κ2) is 8.21. The molecule has 0 spiro atoms. The van der Waals surface area contributed by atoms with Crippen LogP contribution in [0.25, 0.3) is 0 Å². The highest BCUT2D eigenvalue weighted by atomic mass is 19.1. The van der Waals surface area contributed by atoms with Gasteiger partial charge in [0.1, 0.15) is 11.5 Å². The van der Waals surface area contributed by atoms with Gasteiger partial charge in [0.05, 0.1) is 5.69 Å². The van der Waals surface area contributed by atoms with Crippen molar-refractivity contribution >= 4 is 5.91 Å². The van der Waals surface area contributed by atoms with E-state index in [9.17, 15) is 9.18 Å². The van der Waals surface area contributed by atoms with Crippen LogP contribution in [0.15, 0.2) is 30.3 Å². The summed E-state index contributed by atoms with van der Waals surface area (Å²) in [5.74, 6) is 0.248. The molecule has 1 aliphatic rings. The molecule has 5 nitrogen and oxygen atoms in total. The van der Waals surface area contributed by atoms with Gasteiger partial charge in [0.2, 0.25) is 0 Å². The maximum atomic E-state index is 13.2. The molecule has 3 rings (SSSR count). The monoisotopic (exact) mass is 372 g/mol. The van der Waals surface area contributed by atoms with Crippen molar-refractivity contribution in [1.29, 1.82) is 0 Å². The zero-order chi connectivity index (χ0) is 19.6. The van der Waals surface area contributed by atoms with E-state index in [0.29, 0.717) is 18.2 Å². The van der Waals surface area contributed by atoms with Gasteiger partial charge < -0.3 is 4.90 Å². The third-order valence-electron chi connectivity index (χ3n) is 5.33. The Balaban J connectivity index is 1.77. The van der Waals surface area contributed by atoms with Gasteiger partial charge in [-0.3, -0.25) is 14.4 Å². The minimum atomic E-state index is -0.210. The minimum Gasteiger partial charge on any atom is -0.336 e. The second-order valence-electron chi connectivity index (χ2n) is 7.81. The topological polar surface area (TPSA) is 41.4 Å². The van der Waals surface area contributed by atoms with E-state index in [1.165, 1.54) is 12.1 Å². The number of halogens is 1. The molecule has 1 unspecified atom stereocenters. The molecule has 0 N–H and O–H groups in total. The van der Waals surface area contributed by atoms with Crippen LogP contribution >= 0.6 is 0 Å². The minimum absolute atomic E-state index is 0.0485. The van der Waals surface area contributed by atoms with Gasteiger partial charge in [0.15, 0.2) is 0 Å². The molecule has 1 atom stereocenters. The fourth-order valence-corrected chi connectivity index (χ4v) is 3.87. The lowest BCUT2D eigenvalue weighted by atomic mass is 10.0. The van der Waals surface area contributed by atoms with E-state index in [2.05, 4.69) is 23.8 Å². The van der Waals surface area contributed by atoms with Crippen molar-refractivity contribution in [2.24, 2.45) is 13.0 Å². The molecule has 0 aliphatic carbocycles. The lowest BCUT2D eigenvalue weighted by Crippen LogP contribution is -2.45. The zero-order valence-corrected chi connectivity index (χ0v) is 16.7. The molecule has 1 aliphatic heterocycles. The number of carbonyl (C=O) groups excluding carboxylic acids is 1. The summed E-state index contributed by atoms with van der Waals surface area (Å²) in [5, 5.41) is 4.31. The Kier molecular flexibility index (Phi) is 5.95. The van der Waals surface area contributed by atoms with Crippen molar-refractivity contribution in [2.75, 3.05) is 19.6 Å². The maximum absolute atomic E-state index is 13.2. The van der Waals surface area contributed by atoms with Gasteiger partial charge in [-0.05, 0) is 43.0 Å². The summed E-state index contributed by atoms with van der Waals surface area (Å²) < 4.78 is 14.9. The van der Waals surface area contributed by atoms with Crippen molar-refractivity contribution in [3.8, 4) is 0 Å². The molecule has 27 heavy (non-hydrogen) atoms. The quantitative estimate of drug-likeness (QED) is 0.827. The molecule has 1 aromatic carbocycles. The molecule has 0 saturated carbocycles. The molecular weight excluding hydrogens is 343 g/mol. The third-order valence-corrected chi connectivity index (χ3v) is 5.33. The fraction of sp³-hybridized carbons (Fsp3) is 0.524. The zero-order valence-electron chi connectivity index (χ0n) is 16.7. The first-order valence-corrected chi connectivity index (χ1v) is 9.63. The van der Waals surface area contributed by atoms with E-state index in [0.717, 1.165) is 37.3 Å². The van der Waals surface area contributed by atoms with Gasteiger partial charge in [0, 0.05) is 39.3 Å². The van der Waals surface area contributed by atoms with Crippen molar-refractivity contribution in [1.82, 2.24) is 19.6 Å². The Morgan fingerprint density at radius 1 is 1.26 bits per heavy atom. The first-order valence-electron chi connectivity index (χ1n) is 9.63.